The third-order valence-electron chi connectivity index (χ3n) is 3.56. The van der Waals surface area contributed by atoms with E-state index < -0.39 is 9.85 Å². The van der Waals surface area contributed by atoms with Crippen LogP contribution in [0.25, 0.3) is 12.2 Å². The molecule has 1 aromatic carbocycles. The molecule has 158 valence electrons. The SMILES string of the molecule is CN(C)/C=C/C=C/C=C/c1cc([N+](=O)[O-])c(/C=C/C=C/C=C/N(C)C)cc1[N+](=O)[O-]. The zero-order chi connectivity index (χ0) is 22.5. The Labute approximate surface area is 176 Å². The van der Waals surface area contributed by atoms with Gasteiger partial charge in [-0.05, 0) is 36.7 Å². The van der Waals surface area contributed by atoms with E-state index in [-0.39, 0.29) is 22.5 Å². The summed E-state index contributed by atoms with van der Waals surface area (Å²) in [6.45, 7) is 0. The van der Waals surface area contributed by atoms with E-state index in [1.54, 1.807) is 48.6 Å². The van der Waals surface area contributed by atoms with Gasteiger partial charge in [0.25, 0.3) is 11.4 Å². The molecule has 0 fully saturated rings. The molecule has 0 N–H and O–H groups in total. The van der Waals surface area contributed by atoms with Gasteiger partial charge >= 0.3 is 0 Å². The first kappa shape index (κ1) is 24.1. The molecule has 0 atom stereocenters. The van der Waals surface area contributed by atoms with Crippen LogP contribution in [0.4, 0.5) is 11.4 Å². The molecule has 0 saturated heterocycles. The highest BCUT2D eigenvalue weighted by molar-refractivity contribution is 5.73. The van der Waals surface area contributed by atoms with Gasteiger partial charge in [0.2, 0.25) is 0 Å². The molecule has 0 spiro atoms. The van der Waals surface area contributed by atoms with E-state index in [9.17, 15) is 20.2 Å². The van der Waals surface area contributed by atoms with E-state index in [1.807, 2.05) is 50.4 Å². The molecule has 0 unspecified atom stereocenters. The van der Waals surface area contributed by atoms with Gasteiger partial charge < -0.3 is 9.80 Å². The van der Waals surface area contributed by atoms with Crippen LogP contribution >= 0.6 is 0 Å². The Morgan fingerprint density at radius 3 is 1.27 bits per heavy atom. The summed E-state index contributed by atoms with van der Waals surface area (Å²) >= 11 is 0. The van der Waals surface area contributed by atoms with Crippen LogP contribution in [-0.2, 0) is 0 Å². The first-order valence-corrected chi connectivity index (χ1v) is 9.05. The molecule has 0 amide bonds. The lowest BCUT2D eigenvalue weighted by atomic mass is 10.1. The third-order valence-corrected chi connectivity index (χ3v) is 3.56. The lowest BCUT2D eigenvalue weighted by molar-refractivity contribution is -0.389. The van der Waals surface area contributed by atoms with E-state index in [1.165, 1.54) is 24.3 Å². The number of nitro groups is 2. The lowest BCUT2D eigenvalue weighted by Gasteiger charge is -2.02. The van der Waals surface area contributed by atoms with E-state index in [0.29, 0.717) is 0 Å². The normalized spacial score (nSPS) is 12.4. The molecule has 0 radical (unpaired) electrons. The van der Waals surface area contributed by atoms with Gasteiger partial charge in [-0.2, -0.15) is 0 Å². The average molecular weight is 410 g/mol. The van der Waals surface area contributed by atoms with Crippen molar-refractivity contribution in [3.63, 3.8) is 0 Å². The second-order valence-corrected chi connectivity index (χ2v) is 6.58. The molecule has 1 aromatic rings. The highest BCUT2D eigenvalue weighted by Crippen LogP contribution is 2.30. The Morgan fingerprint density at radius 2 is 0.967 bits per heavy atom. The van der Waals surface area contributed by atoms with Crippen molar-refractivity contribution in [3.8, 4) is 0 Å². The fourth-order valence-electron chi connectivity index (χ4n) is 2.21. The number of benzene rings is 1. The zero-order valence-electron chi connectivity index (χ0n) is 17.5. The number of hydrogen-bond donors (Lipinski definition) is 0. The van der Waals surface area contributed by atoms with Crippen molar-refractivity contribution >= 4 is 23.5 Å². The first-order chi connectivity index (χ1) is 14.2. The van der Waals surface area contributed by atoms with Crippen LogP contribution < -0.4 is 0 Å². The monoisotopic (exact) mass is 410 g/mol. The maximum Gasteiger partial charge on any atom is 0.277 e. The Hall–Kier alpha value is -3.94. The van der Waals surface area contributed by atoms with Crippen molar-refractivity contribution in [1.29, 1.82) is 0 Å². The highest BCUT2D eigenvalue weighted by atomic mass is 16.6. The summed E-state index contributed by atoms with van der Waals surface area (Å²) in [4.78, 5) is 25.5. The molecule has 30 heavy (non-hydrogen) atoms. The van der Waals surface area contributed by atoms with Gasteiger partial charge in [0, 0.05) is 40.3 Å². The van der Waals surface area contributed by atoms with Crippen molar-refractivity contribution in [2.45, 2.75) is 0 Å². The van der Waals surface area contributed by atoms with Gasteiger partial charge in [0.1, 0.15) is 0 Å². The summed E-state index contributed by atoms with van der Waals surface area (Å²) in [5, 5.41) is 22.9. The minimum atomic E-state index is -0.550. The van der Waals surface area contributed by atoms with Crippen LogP contribution in [0.1, 0.15) is 11.1 Å². The summed E-state index contributed by atoms with van der Waals surface area (Å²) in [6.07, 6.45) is 20.3. The molecule has 0 bridgehead atoms. The minimum Gasteiger partial charge on any atom is -0.383 e. The molecular weight excluding hydrogens is 384 g/mol. The van der Waals surface area contributed by atoms with Gasteiger partial charge in [-0.25, -0.2) is 0 Å². The molecule has 0 heterocycles. The Bertz CT molecular complexity index is 848. The molecule has 0 aliphatic heterocycles. The summed E-state index contributed by atoms with van der Waals surface area (Å²) in [5.74, 6) is 0. The summed E-state index contributed by atoms with van der Waals surface area (Å²) in [7, 11) is 7.54. The summed E-state index contributed by atoms with van der Waals surface area (Å²) in [6, 6.07) is 2.43. The third kappa shape index (κ3) is 8.83. The standard InChI is InChI=1S/C22H26N4O4/c1-23(2)15-11-7-5-9-13-19-17-22(26(29)30)20(18-21(19)25(27)28)14-10-6-8-12-16-24(3)4/h5-18H,1-4H3/b7-5+,8-6+,13-9+,14-10+,15-11+,16-12+. The second kappa shape index (κ2) is 12.5. The molecular formula is C22H26N4O4. The van der Waals surface area contributed by atoms with Crippen LogP contribution in [0, 0.1) is 20.2 Å². The Balaban J connectivity index is 3.20. The molecule has 0 aliphatic rings. The number of allylic oxidation sites excluding steroid dienone is 8. The van der Waals surface area contributed by atoms with Crippen molar-refractivity contribution < 1.29 is 9.85 Å². The summed E-state index contributed by atoms with van der Waals surface area (Å²) < 4.78 is 0. The van der Waals surface area contributed by atoms with Crippen LogP contribution in [-0.4, -0.2) is 47.8 Å². The largest absolute Gasteiger partial charge is 0.383 e. The van der Waals surface area contributed by atoms with Crippen LogP contribution in [0.3, 0.4) is 0 Å². The van der Waals surface area contributed by atoms with E-state index in [0.717, 1.165) is 0 Å². The van der Waals surface area contributed by atoms with Gasteiger partial charge in [-0.15, -0.1) is 0 Å². The minimum absolute atomic E-state index is 0.162. The Kier molecular flexibility index (Phi) is 10.0. The second-order valence-electron chi connectivity index (χ2n) is 6.58. The van der Waals surface area contributed by atoms with Crippen LogP contribution in [0.2, 0.25) is 0 Å². The van der Waals surface area contributed by atoms with Gasteiger partial charge in [0.05, 0.1) is 21.0 Å². The van der Waals surface area contributed by atoms with Crippen LogP contribution in [0.15, 0.2) is 73.1 Å². The summed E-state index contributed by atoms with van der Waals surface area (Å²) in [5.41, 5.74) is -0.0838. The van der Waals surface area contributed by atoms with E-state index >= 15 is 0 Å². The van der Waals surface area contributed by atoms with E-state index in [2.05, 4.69) is 0 Å². The predicted octanol–water partition coefficient (Wildman–Crippen LogP) is 4.79. The maximum atomic E-state index is 11.5. The smallest absolute Gasteiger partial charge is 0.277 e. The number of rotatable bonds is 10. The quantitative estimate of drug-likeness (QED) is 0.313. The molecule has 0 aromatic heterocycles. The Morgan fingerprint density at radius 1 is 0.633 bits per heavy atom. The lowest BCUT2D eigenvalue weighted by Crippen LogP contribution is -1.99. The molecule has 0 aliphatic carbocycles. The van der Waals surface area contributed by atoms with Gasteiger partial charge in [0.15, 0.2) is 0 Å². The van der Waals surface area contributed by atoms with Crippen molar-refractivity contribution in [1.82, 2.24) is 9.80 Å². The topological polar surface area (TPSA) is 92.8 Å². The number of nitrogens with zero attached hydrogens (tertiary/aromatic N) is 4. The zero-order valence-corrected chi connectivity index (χ0v) is 17.5. The molecule has 8 heteroatoms. The number of nitro benzene ring substituents is 2. The van der Waals surface area contributed by atoms with Crippen LogP contribution in [0.5, 0.6) is 0 Å². The van der Waals surface area contributed by atoms with Crippen molar-refractivity contribution in [3.05, 3.63) is 104 Å². The van der Waals surface area contributed by atoms with Gasteiger partial charge in [-0.3, -0.25) is 20.2 Å². The van der Waals surface area contributed by atoms with Crippen molar-refractivity contribution in [2.75, 3.05) is 28.2 Å². The van der Waals surface area contributed by atoms with Crippen molar-refractivity contribution in [2.24, 2.45) is 0 Å². The maximum absolute atomic E-state index is 11.5. The fourth-order valence-corrected chi connectivity index (χ4v) is 2.21. The van der Waals surface area contributed by atoms with Gasteiger partial charge in [-0.1, -0.05) is 36.5 Å². The predicted molar refractivity (Wildman–Crippen MR) is 122 cm³/mol. The fraction of sp³-hybridized carbons (Fsp3) is 0.182. The molecule has 8 nitrogen and oxygen atoms in total. The van der Waals surface area contributed by atoms with E-state index in [4.69, 9.17) is 0 Å². The highest BCUT2D eigenvalue weighted by Gasteiger charge is 2.21. The first-order valence-electron chi connectivity index (χ1n) is 9.05. The average Bonchev–Trinajstić information content (AvgIpc) is 2.66. The molecule has 1 rings (SSSR count). The molecule has 0 saturated carbocycles. The number of hydrogen-bond acceptors (Lipinski definition) is 6.